The molecule has 0 saturated carbocycles. The highest BCUT2D eigenvalue weighted by Crippen LogP contribution is 2.34. The summed E-state index contributed by atoms with van der Waals surface area (Å²) >= 11 is 6.08. The van der Waals surface area contributed by atoms with Crippen molar-refractivity contribution in [2.45, 2.75) is 19.8 Å². The number of nitro benzene ring substituents is 1. The predicted octanol–water partition coefficient (Wildman–Crippen LogP) is 4.33. The lowest BCUT2D eigenvalue weighted by Crippen LogP contribution is -2.14. The van der Waals surface area contributed by atoms with E-state index in [1.807, 2.05) is 0 Å². The first-order chi connectivity index (χ1) is 12.4. The summed E-state index contributed by atoms with van der Waals surface area (Å²) in [5.41, 5.74) is 1.21. The molecule has 0 aromatic heterocycles. The topological polar surface area (TPSA) is 82.9 Å². The van der Waals surface area contributed by atoms with Gasteiger partial charge in [0.15, 0.2) is 6.79 Å². The zero-order chi connectivity index (χ0) is 18.7. The number of nitrogens with zero attached hydrogens (tertiary/aromatic N) is 1. The molecule has 0 bridgehead atoms. The average molecular weight is 387 g/mol. The predicted molar refractivity (Wildman–Crippen MR) is 88.8 cm³/mol. The van der Waals surface area contributed by atoms with Gasteiger partial charge in [0.2, 0.25) is 0 Å². The molecule has 1 aliphatic heterocycles. The van der Waals surface area contributed by atoms with Crippen molar-refractivity contribution in [1.29, 1.82) is 0 Å². The molecule has 1 N–H and O–H groups in total. The van der Waals surface area contributed by atoms with Gasteiger partial charge in [-0.2, -0.15) is 8.78 Å². The summed E-state index contributed by atoms with van der Waals surface area (Å²) in [5, 5.41) is 14.3. The Labute approximate surface area is 151 Å². The van der Waals surface area contributed by atoms with Gasteiger partial charge in [-0.25, -0.2) is 0 Å². The van der Waals surface area contributed by atoms with Crippen molar-refractivity contribution in [3.05, 3.63) is 56.6 Å². The van der Waals surface area contributed by atoms with Crippen LogP contribution in [-0.2, 0) is 17.9 Å². The fraction of sp³-hybridized carbons (Fsp3) is 0.250. The molecule has 0 fully saturated rings. The van der Waals surface area contributed by atoms with Crippen LogP contribution in [0.1, 0.15) is 11.1 Å². The first-order valence-corrected chi connectivity index (χ1v) is 7.81. The summed E-state index contributed by atoms with van der Waals surface area (Å²) in [4.78, 5) is 10.3. The van der Waals surface area contributed by atoms with Gasteiger partial charge in [-0.05, 0) is 18.2 Å². The molecule has 0 radical (unpaired) electrons. The summed E-state index contributed by atoms with van der Waals surface area (Å²) in [7, 11) is 0. The van der Waals surface area contributed by atoms with Gasteiger partial charge < -0.3 is 19.5 Å². The SMILES string of the molecule is O=[N+]([O-])c1ccc(OC(F)F)c(NCc2cc(Cl)cc3c2OCOC3)c1. The molecule has 0 saturated heterocycles. The van der Waals surface area contributed by atoms with Crippen molar-refractivity contribution < 1.29 is 27.9 Å². The summed E-state index contributed by atoms with van der Waals surface area (Å²) in [6, 6.07) is 6.69. The fourth-order valence-corrected chi connectivity index (χ4v) is 2.81. The second kappa shape index (κ2) is 7.71. The number of halogens is 3. The molecular formula is C16H13ClF2N2O5. The van der Waals surface area contributed by atoms with Gasteiger partial charge in [-0.15, -0.1) is 0 Å². The molecule has 0 unspecified atom stereocenters. The molecule has 0 atom stereocenters. The number of hydrogen-bond donors (Lipinski definition) is 1. The van der Waals surface area contributed by atoms with E-state index in [0.29, 0.717) is 22.9 Å². The van der Waals surface area contributed by atoms with Crippen molar-refractivity contribution in [2.75, 3.05) is 12.1 Å². The Morgan fingerprint density at radius 1 is 1.35 bits per heavy atom. The Hall–Kier alpha value is -2.65. The quantitative estimate of drug-likeness (QED) is 0.587. The molecule has 10 heteroatoms. The molecule has 3 rings (SSSR count). The van der Waals surface area contributed by atoms with E-state index in [0.717, 1.165) is 23.8 Å². The van der Waals surface area contributed by atoms with Crippen LogP contribution in [0.4, 0.5) is 20.2 Å². The first kappa shape index (κ1) is 18.2. The van der Waals surface area contributed by atoms with Crippen LogP contribution in [0.2, 0.25) is 5.02 Å². The molecule has 1 heterocycles. The Balaban J connectivity index is 1.88. The van der Waals surface area contributed by atoms with Crippen LogP contribution in [0, 0.1) is 10.1 Å². The molecule has 7 nitrogen and oxygen atoms in total. The minimum Gasteiger partial charge on any atom is -0.467 e. The van der Waals surface area contributed by atoms with E-state index in [9.17, 15) is 18.9 Å². The number of nitrogens with one attached hydrogen (secondary N) is 1. The van der Waals surface area contributed by atoms with Gasteiger partial charge >= 0.3 is 6.61 Å². The van der Waals surface area contributed by atoms with E-state index in [1.165, 1.54) is 0 Å². The maximum atomic E-state index is 12.6. The van der Waals surface area contributed by atoms with Crippen molar-refractivity contribution in [3.8, 4) is 11.5 Å². The third kappa shape index (κ3) is 4.12. The van der Waals surface area contributed by atoms with Crippen molar-refractivity contribution in [2.24, 2.45) is 0 Å². The number of fused-ring (bicyclic) bond motifs is 1. The number of nitro groups is 1. The van der Waals surface area contributed by atoms with E-state index in [4.69, 9.17) is 21.1 Å². The average Bonchev–Trinajstić information content (AvgIpc) is 2.59. The van der Waals surface area contributed by atoms with Crippen LogP contribution in [0.15, 0.2) is 30.3 Å². The maximum absolute atomic E-state index is 12.6. The van der Waals surface area contributed by atoms with Gasteiger partial charge in [0.05, 0.1) is 17.2 Å². The van der Waals surface area contributed by atoms with Crippen molar-refractivity contribution >= 4 is 23.0 Å². The Morgan fingerprint density at radius 2 is 2.15 bits per heavy atom. The smallest absolute Gasteiger partial charge is 0.387 e. The number of hydrogen-bond acceptors (Lipinski definition) is 6. The molecule has 138 valence electrons. The number of non-ortho nitro benzene ring substituents is 1. The van der Waals surface area contributed by atoms with Crippen LogP contribution in [0.5, 0.6) is 11.5 Å². The number of ether oxygens (including phenoxy) is 3. The first-order valence-electron chi connectivity index (χ1n) is 7.43. The summed E-state index contributed by atoms with van der Waals surface area (Å²) in [6.07, 6.45) is 0. The van der Waals surface area contributed by atoms with Gasteiger partial charge in [0, 0.05) is 34.8 Å². The summed E-state index contributed by atoms with van der Waals surface area (Å²) in [6.45, 7) is -2.52. The zero-order valence-corrected chi connectivity index (χ0v) is 14.0. The molecular weight excluding hydrogens is 374 g/mol. The maximum Gasteiger partial charge on any atom is 0.387 e. The van der Waals surface area contributed by atoms with Crippen LogP contribution >= 0.6 is 11.6 Å². The zero-order valence-electron chi connectivity index (χ0n) is 13.2. The third-order valence-electron chi connectivity index (χ3n) is 3.61. The van der Waals surface area contributed by atoms with E-state index >= 15 is 0 Å². The Bertz CT molecular complexity index is 835. The van der Waals surface area contributed by atoms with Gasteiger partial charge in [0.25, 0.3) is 5.69 Å². The standard InChI is InChI=1S/C16H13ClF2N2O5/c17-11-3-9(15-10(4-11)7-24-8-25-15)6-20-13-5-12(21(22)23)1-2-14(13)26-16(18)19/h1-5,16,20H,6-8H2. The Morgan fingerprint density at radius 3 is 2.88 bits per heavy atom. The van der Waals surface area contributed by atoms with Gasteiger partial charge in [0.1, 0.15) is 11.5 Å². The lowest BCUT2D eigenvalue weighted by atomic mass is 10.1. The monoisotopic (exact) mass is 386 g/mol. The van der Waals surface area contributed by atoms with Crippen LogP contribution in [0.25, 0.3) is 0 Å². The van der Waals surface area contributed by atoms with Crippen molar-refractivity contribution in [3.63, 3.8) is 0 Å². The normalized spacial score (nSPS) is 13.1. The lowest BCUT2D eigenvalue weighted by Gasteiger charge is -2.21. The molecule has 0 amide bonds. The van der Waals surface area contributed by atoms with Crippen molar-refractivity contribution in [1.82, 2.24) is 0 Å². The lowest BCUT2D eigenvalue weighted by molar-refractivity contribution is -0.384. The van der Waals surface area contributed by atoms with Gasteiger partial charge in [-0.1, -0.05) is 11.6 Å². The number of benzene rings is 2. The molecule has 0 aliphatic carbocycles. The van der Waals surface area contributed by atoms with Gasteiger partial charge in [-0.3, -0.25) is 10.1 Å². The number of rotatable bonds is 6. The number of anilines is 1. The van der Waals surface area contributed by atoms with Crippen LogP contribution in [-0.4, -0.2) is 18.3 Å². The highest BCUT2D eigenvalue weighted by molar-refractivity contribution is 6.30. The second-order valence-corrected chi connectivity index (χ2v) is 5.77. The van der Waals surface area contributed by atoms with Crippen LogP contribution < -0.4 is 14.8 Å². The summed E-state index contributed by atoms with van der Waals surface area (Å²) < 4.78 is 40.2. The molecule has 26 heavy (non-hydrogen) atoms. The molecule has 0 spiro atoms. The molecule has 1 aliphatic rings. The van der Waals surface area contributed by atoms with E-state index in [2.05, 4.69) is 10.1 Å². The highest BCUT2D eigenvalue weighted by atomic mass is 35.5. The Kier molecular flexibility index (Phi) is 5.38. The summed E-state index contributed by atoms with van der Waals surface area (Å²) in [5.74, 6) is 0.376. The van der Waals surface area contributed by atoms with E-state index in [-0.39, 0.29) is 30.5 Å². The minimum atomic E-state index is -3.06. The fourth-order valence-electron chi connectivity index (χ4n) is 2.55. The van der Waals surface area contributed by atoms with E-state index in [1.54, 1.807) is 12.1 Å². The highest BCUT2D eigenvalue weighted by Gasteiger charge is 2.18. The largest absolute Gasteiger partial charge is 0.467 e. The minimum absolute atomic E-state index is 0.0558. The molecule has 2 aromatic carbocycles. The second-order valence-electron chi connectivity index (χ2n) is 5.33. The number of alkyl halides is 2. The third-order valence-corrected chi connectivity index (χ3v) is 3.83. The van der Waals surface area contributed by atoms with Crippen LogP contribution in [0.3, 0.4) is 0 Å². The molecule has 2 aromatic rings. The van der Waals surface area contributed by atoms with E-state index < -0.39 is 11.5 Å².